The molecule has 1 heterocycles. The molecule has 28 heavy (non-hydrogen) atoms. The van der Waals surface area contributed by atoms with E-state index in [1.54, 1.807) is 30.2 Å². The van der Waals surface area contributed by atoms with Crippen molar-refractivity contribution >= 4 is 11.6 Å². The SMILES string of the molecule is COCCCCN1C(=O)[C@@H](Oc2cccc(F)c2)[C@@H]1c1cccc([N+](=O)[O-])c1. The summed E-state index contributed by atoms with van der Waals surface area (Å²) in [5, 5.41) is 11.1. The van der Waals surface area contributed by atoms with Crippen molar-refractivity contribution in [1.82, 2.24) is 4.90 Å². The first-order valence-corrected chi connectivity index (χ1v) is 8.97. The minimum Gasteiger partial charge on any atom is -0.478 e. The lowest BCUT2D eigenvalue weighted by Gasteiger charge is -2.46. The second kappa shape index (κ2) is 8.79. The molecule has 1 aliphatic heterocycles. The number of β-lactam (4-membered cyclic amide) rings is 1. The Hall–Kier alpha value is -3.00. The first kappa shape index (κ1) is 19.8. The highest BCUT2D eigenvalue weighted by Crippen LogP contribution is 2.39. The third kappa shape index (κ3) is 4.28. The van der Waals surface area contributed by atoms with Gasteiger partial charge in [0.2, 0.25) is 6.10 Å². The highest BCUT2D eigenvalue weighted by atomic mass is 19.1. The van der Waals surface area contributed by atoms with Gasteiger partial charge in [0, 0.05) is 38.5 Å². The summed E-state index contributed by atoms with van der Waals surface area (Å²) < 4.78 is 24.2. The van der Waals surface area contributed by atoms with E-state index in [1.807, 2.05) is 0 Å². The number of hydrogen-bond acceptors (Lipinski definition) is 5. The predicted octanol–water partition coefficient (Wildman–Crippen LogP) is 3.49. The monoisotopic (exact) mass is 388 g/mol. The van der Waals surface area contributed by atoms with Crippen LogP contribution in [0.15, 0.2) is 48.5 Å². The second-order valence-corrected chi connectivity index (χ2v) is 6.52. The summed E-state index contributed by atoms with van der Waals surface area (Å²) in [7, 11) is 1.61. The molecule has 1 saturated heterocycles. The summed E-state index contributed by atoms with van der Waals surface area (Å²) in [5.74, 6) is -0.446. The number of rotatable bonds is 9. The molecule has 1 fully saturated rings. The van der Waals surface area contributed by atoms with E-state index in [0.29, 0.717) is 18.7 Å². The van der Waals surface area contributed by atoms with Crippen LogP contribution in [0.3, 0.4) is 0 Å². The van der Waals surface area contributed by atoms with Crippen LogP contribution in [0.4, 0.5) is 10.1 Å². The van der Waals surface area contributed by atoms with Gasteiger partial charge in [0.05, 0.1) is 4.92 Å². The van der Waals surface area contributed by atoms with Gasteiger partial charge >= 0.3 is 0 Å². The molecule has 0 bridgehead atoms. The van der Waals surface area contributed by atoms with Gasteiger partial charge < -0.3 is 14.4 Å². The van der Waals surface area contributed by atoms with E-state index >= 15 is 0 Å². The zero-order chi connectivity index (χ0) is 20.1. The van der Waals surface area contributed by atoms with Gasteiger partial charge in [-0.25, -0.2) is 4.39 Å². The molecule has 2 aromatic rings. The van der Waals surface area contributed by atoms with E-state index in [0.717, 1.165) is 12.8 Å². The number of hydrogen-bond donors (Lipinski definition) is 0. The maximum atomic E-state index is 13.5. The van der Waals surface area contributed by atoms with E-state index in [9.17, 15) is 19.3 Å². The van der Waals surface area contributed by atoms with Crippen LogP contribution in [0, 0.1) is 15.9 Å². The molecule has 0 spiro atoms. The van der Waals surface area contributed by atoms with E-state index in [4.69, 9.17) is 9.47 Å². The Balaban J connectivity index is 1.82. The van der Waals surface area contributed by atoms with E-state index in [2.05, 4.69) is 0 Å². The van der Waals surface area contributed by atoms with Crippen LogP contribution in [0.1, 0.15) is 24.4 Å². The Morgan fingerprint density at radius 2 is 1.96 bits per heavy atom. The van der Waals surface area contributed by atoms with Crippen LogP contribution in [0.2, 0.25) is 0 Å². The number of benzene rings is 2. The van der Waals surface area contributed by atoms with Crippen LogP contribution < -0.4 is 4.74 Å². The van der Waals surface area contributed by atoms with Gasteiger partial charge in [-0.2, -0.15) is 0 Å². The molecule has 3 rings (SSSR count). The molecule has 2 atom stereocenters. The Morgan fingerprint density at radius 3 is 2.68 bits per heavy atom. The van der Waals surface area contributed by atoms with E-state index < -0.39 is 22.9 Å². The van der Waals surface area contributed by atoms with Gasteiger partial charge in [-0.05, 0) is 30.5 Å². The summed E-state index contributed by atoms with van der Waals surface area (Å²) in [6.07, 6.45) is 0.668. The fourth-order valence-corrected chi connectivity index (χ4v) is 3.27. The van der Waals surface area contributed by atoms with E-state index in [1.165, 1.54) is 30.3 Å². The number of non-ortho nitro benzene ring substituents is 1. The molecular formula is C20H21FN2O5. The van der Waals surface area contributed by atoms with E-state index in [-0.39, 0.29) is 17.3 Å². The Kier molecular flexibility index (Phi) is 6.20. The maximum Gasteiger partial charge on any atom is 0.269 e. The number of methoxy groups -OCH3 is 1. The van der Waals surface area contributed by atoms with Gasteiger partial charge in [-0.1, -0.05) is 18.2 Å². The lowest BCUT2D eigenvalue weighted by atomic mass is 9.89. The van der Waals surface area contributed by atoms with Crippen LogP contribution in [0.25, 0.3) is 0 Å². The number of nitro groups is 1. The first-order chi connectivity index (χ1) is 13.5. The average Bonchev–Trinajstić information content (AvgIpc) is 2.69. The highest BCUT2D eigenvalue weighted by Gasteiger charge is 2.50. The number of halogens is 1. The van der Waals surface area contributed by atoms with Gasteiger partial charge in [-0.3, -0.25) is 14.9 Å². The van der Waals surface area contributed by atoms with Crippen molar-refractivity contribution in [3.63, 3.8) is 0 Å². The minimum absolute atomic E-state index is 0.0549. The standard InChI is InChI=1S/C20H21FN2O5/c1-27-11-3-2-10-22-18(14-6-4-8-16(12-14)23(25)26)19(20(22)24)28-17-9-5-7-15(21)13-17/h4-9,12-13,18-19H,2-3,10-11H2,1H3/t18-,19-/m0/s1. The maximum absolute atomic E-state index is 13.5. The van der Waals surface area contributed by atoms with Crippen LogP contribution in [-0.2, 0) is 9.53 Å². The smallest absolute Gasteiger partial charge is 0.269 e. The molecule has 0 unspecified atom stereocenters. The Morgan fingerprint density at radius 1 is 1.18 bits per heavy atom. The van der Waals surface area contributed by atoms with Crippen molar-refractivity contribution in [3.05, 3.63) is 70.0 Å². The number of carbonyl (C=O) groups excluding carboxylic acids is 1. The summed E-state index contributed by atoms with van der Waals surface area (Å²) in [6.45, 7) is 1.07. The number of amides is 1. The van der Waals surface area contributed by atoms with Crippen molar-refractivity contribution in [2.24, 2.45) is 0 Å². The zero-order valence-electron chi connectivity index (χ0n) is 15.4. The van der Waals surface area contributed by atoms with Crippen molar-refractivity contribution in [2.45, 2.75) is 25.0 Å². The molecule has 0 aromatic heterocycles. The Bertz CT molecular complexity index is 860. The summed E-state index contributed by atoms with van der Waals surface area (Å²) in [4.78, 5) is 24.9. The summed E-state index contributed by atoms with van der Waals surface area (Å²) in [6, 6.07) is 11.2. The van der Waals surface area contributed by atoms with Gasteiger partial charge in [0.1, 0.15) is 17.6 Å². The highest BCUT2D eigenvalue weighted by molar-refractivity contribution is 5.89. The fraction of sp³-hybridized carbons (Fsp3) is 0.350. The number of nitro benzene ring substituents is 1. The molecule has 0 saturated carbocycles. The van der Waals surface area contributed by atoms with Gasteiger partial charge in [0.15, 0.2) is 0 Å². The molecule has 1 amide bonds. The van der Waals surface area contributed by atoms with Crippen molar-refractivity contribution in [1.29, 1.82) is 0 Å². The number of likely N-dealkylation sites (tertiary alicyclic amines) is 1. The molecule has 0 N–H and O–H groups in total. The lowest BCUT2D eigenvalue weighted by Crippen LogP contribution is -2.61. The molecule has 148 valence electrons. The molecular weight excluding hydrogens is 367 g/mol. The normalized spacial score (nSPS) is 18.6. The Labute approximate surface area is 161 Å². The predicted molar refractivity (Wildman–Crippen MR) is 99.5 cm³/mol. The second-order valence-electron chi connectivity index (χ2n) is 6.52. The van der Waals surface area contributed by atoms with Gasteiger partial charge in [0.25, 0.3) is 11.6 Å². The largest absolute Gasteiger partial charge is 0.478 e. The van der Waals surface area contributed by atoms with Crippen LogP contribution >= 0.6 is 0 Å². The molecule has 0 radical (unpaired) electrons. The molecule has 0 aliphatic carbocycles. The lowest BCUT2D eigenvalue weighted by molar-refractivity contribution is -0.385. The average molecular weight is 388 g/mol. The zero-order valence-corrected chi connectivity index (χ0v) is 15.4. The molecule has 2 aromatic carbocycles. The minimum atomic E-state index is -0.855. The van der Waals surface area contributed by atoms with Crippen LogP contribution in [0.5, 0.6) is 5.75 Å². The molecule has 1 aliphatic rings. The molecule has 8 heteroatoms. The number of nitrogens with zero attached hydrogens (tertiary/aromatic N) is 2. The third-order valence-corrected chi connectivity index (χ3v) is 4.63. The van der Waals surface area contributed by atoms with Crippen molar-refractivity contribution in [2.75, 3.05) is 20.3 Å². The fourth-order valence-electron chi connectivity index (χ4n) is 3.27. The summed E-state index contributed by atoms with van der Waals surface area (Å²) in [5.41, 5.74) is 0.558. The van der Waals surface area contributed by atoms with Crippen molar-refractivity contribution < 1.29 is 23.6 Å². The number of unbranched alkanes of at least 4 members (excludes halogenated alkanes) is 1. The topological polar surface area (TPSA) is 81.9 Å². The molecule has 7 nitrogen and oxygen atoms in total. The summed E-state index contributed by atoms with van der Waals surface area (Å²) >= 11 is 0. The number of carbonyl (C=O) groups is 1. The van der Waals surface area contributed by atoms with Gasteiger partial charge in [-0.15, -0.1) is 0 Å². The first-order valence-electron chi connectivity index (χ1n) is 8.97. The number of ether oxygens (including phenoxy) is 2. The van der Waals surface area contributed by atoms with Crippen molar-refractivity contribution in [3.8, 4) is 5.75 Å². The third-order valence-electron chi connectivity index (χ3n) is 4.63. The van der Waals surface area contributed by atoms with Crippen LogP contribution in [-0.4, -0.2) is 42.1 Å². The quantitative estimate of drug-likeness (QED) is 0.284.